The molecule has 0 spiro atoms. The number of nitrogens with zero attached hydrogens (tertiary/aromatic N) is 5. The molecule has 0 aliphatic rings. The van der Waals surface area contributed by atoms with Crippen molar-refractivity contribution in [2.45, 2.75) is 18.9 Å². The molecule has 2 N–H and O–H groups in total. The maximum absolute atomic E-state index is 11.2. The number of halogens is 5. The van der Waals surface area contributed by atoms with E-state index in [0.717, 1.165) is 5.52 Å². The van der Waals surface area contributed by atoms with Gasteiger partial charge in [-0.2, -0.15) is 0 Å². The number of carboxylic acid groups (broad SMARTS) is 1. The van der Waals surface area contributed by atoms with E-state index in [1.54, 1.807) is 94.1 Å². The van der Waals surface area contributed by atoms with E-state index in [4.69, 9.17) is 63.1 Å². The van der Waals surface area contributed by atoms with Gasteiger partial charge in [-0.3, -0.25) is 19.7 Å². The fraction of sp³-hybridized carbons (Fsp3) is 0.130. The Bertz CT molecular complexity index is 2770. The highest BCUT2D eigenvalue weighted by atomic mass is 35.5. The van der Waals surface area contributed by atoms with Gasteiger partial charge in [0.15, 0.2) is 6.29 Å². The number of esters is 3. The quantitative estimate of drug-likeness (QED) is 0.0599. The molecule has 0 saturated carbocycles. The molecule has 7 aromatic heterocycles. The summed E-state index contributed by atoms with van der Waals surface area (Å²) < 4.78 is 17.1. The Hall–Kier alpha value is -6.59. The molecule has 0 saturated heterocycles. The number of carbonyl (C=O) groups is 5. The number of pyridine rings is 5. The molecule has 0 aliphatic heterocycles. The van der Waals surface area contributed by atoms with Crippen LogP contribution in [0, 0.1) is 0 Å². The van der Waals surface area contributed by atoms with Crippen molar-refractivity contribution < 1.29 is 48.4 Å². The number of rotatable bonds is 9. The van der Waals surface area contributed by atoms with Crippen LogP contribution in [0.4, 0.5) is 0 Å². The second-order valence-corrected chi connectivity index (χ2v) is 15.0. The van der Waals surface area contributed by atoms with Crippen molar-refractivity contribution in [1.82, 2.24) is 23.8 Å². The summed E-state index contributed by atoms with van der Waals surface area (Å²) >= 11 is 29.1. The Morgan fingerprint density at radius 3 is 1.50 bits per heavy atom. The first-order chi connectivity index (χ1) is 31.4. The molecule has 0 bridgehead atoms. The van der Waals surface area contributed by atoms with Crippen LogP contribution in [0.3, 0.4) is 0 Å². The normalized spacial score (nSPS) is 10.9. The number of aromatic carboxylic acids is 1. The fourth-order valence-corrected chi connectivity index (χ4v) is 6.35. The maximum Gasteiger partial charge on any atom is 0.339 e. The minimum Gasteiger partial charge on any atom is -0.478 e. The van der Waals surface area contributed by atoms with Gasteiger partial charge >= 0.3 is 23.9 Å². The van der Waals surface area contributed by atoms with Crippen LogP contribution in [0.5, 0.6) is 0 Å². The average molecular weight is 1000 g/mol. The predicted octanol–water partition coefficient (Wildman–Crippen LogP) is 10.3. The van der Waals surface area contributed by atoms with Crippen molar-refractivity contribution in [3.8, 4) is 0 Å². The van der Waals surface area contributed by atoms with Crippen molar-refractivity contribution >= 4 is 99.2 Å². The highest BCUT2D eigenvalue weighted by Crippen LogP contribution is 2.28. The second-order valence-electron chi connectivity index (χ2n) is 12.9. The molecule has 2 atom stereocenters. The molecular weight excluding hydrogens is 960 g/mol. The molecule has 7 heterocycles. The third kappa shape index (κ3) is 15.0. The summed E-state index contributed by atoms with van der Waals surface area (Å²) in [6, 6.07) is 20.3. The first kappa shape index (κ1) is 53.7. The lowest BCUT2D eigenvalue weighted by atomic mass is 9.98. The van der Waals surface area contributed by atoms with E-state index in [0.29, 0.717) is 54.4 Å². The molecule has 7 rings (SSSR count). The van der Waals surface area contributed by atoms with Crippen molar-refractivity contribution in [2.75, 3.05) is 21.3 Å². The molecule has 20 heteroatoms. The highest BCUT2D eigenvalue weighted by molar-refractivity contribution is 6.34. The summed E-state index contributed by atoms with van der Waals surface area (Å²) in [5.41, 5.74) is 3.62. The van der Waals surface area contributed by atoms with Crippen LogP contribution in [0.15, 0.2) is 140 Å². The third-order valence-corrected chi connectivity index (χ3v) is 10.3. The van der Waals surface area contributed by atoms with Crippen LogP contribution >= 0.6 is 58.0 Å². The molecule has 66 heavy (non-hydrogen) atoms. The molecule has 0 fully saturated rings. The lowest BCUT2D eigenvalue weighted by Gasteiger charge is -2.13. The van der Waals surface area contributed by atoms with Gasteiger partial charge in [-0.05, 0) is 72.8 Å². The number of aliphatic hydroxyl groups excluding tert-OH is 1. The van der Waals surface area contributed by atoms with E-state index in [9.17, 15) is 29.1 Å². The molecule has 0 amide bonds. The average Bonchev–Trinajstić information content (AvgIpc) is 3.99. The topological polar surface area (TPSA) is 201 Å². The number of carboxylic acids is 1. The zero-order chi connectivity index (χ0) is 49.1. The summed E-state index contributed by atoms with van der Waals surface area (Å²) in [5, 5.41) is 20.8. The Balaban J connectivity index is 0.000000221. The van der Waals surface area contributed by atoms with Crippen LogP contribution in [0.1, 0.15) is 61.5 Å². The number of fused-ring (bicyclic) bond motifs is 2. The molecule has 344 valence electrons. The Morgan fingerprint density at radius 2 is 1.08 bits per heavy atom. The van der Waals surface area contributed by atoms with Gasteiger partial charge in [0.05, 0.1) is 85.6 Å². The number of ether oxygens (including phenoxy) is 3. The van der Waals surface area contributed by atoms with Gasteiger partial charge in [-0.15, -0.1) is 0 Å². The van der Waals surface area contributed by atoms with Gasteiger partial charge < -0.3 is 33.2 Å². The van der Waals surface area contributed by atoms with Crippen molar-refractivity contribution in [3.05, 3.63) is 194 Å². The molecule has 7 aromatic rings. The minimum atomic E-state index is -1.24. The van der Waals surface area contributed by atoms with Gasteiger partial charge in [0.1, 0.15) is 11.8 Å². The summed E-state index contributed by atoms with van der Waals surface area (Å²) in [6.45, 7) is 8.90. The van der Waals surface area contributed by atoms with Gasteiger partial charge in [-0.25, -0.2) is 19.2 Å². The van der Waals surface area contributed by atoms with Crippen LogP contribution < -0.4 is 0 Å². The van der Waals surface area contributed by atoms with Gasteiger partial charge in [0.2, 0.25) is 0 Å². The van der Waals surface area contributed by atoms with Crippen LogP contribution in [0.2, 0.25) is 25.1 Å². The third-order valence-electron chi connectivity index (χ3n) is 8.72. The lowest BCUT2D eigenvalue weighted by Crippen LogP contribution is -2.13. The minimum absolute atomic E-state index is 0.0990. The maximum atomic E-state index is 11.2. The van der Waals surface area contributed by atoms with E-state index in [1.807, 2.05) is 19.2 Å². The van der Waals surface area contributed by atoms with E-state index in [2.05, 4.69) is 42.3 Å². The van der Waals surface area contributed by atoms with Crippen LogP contribution in [-0.2, 0) is 23.8 Å². The monoisotopic (exact) mass is 997 g/mol. The second kappa shape index (κ2) is 26.4. The number of hydrogen-bond acceptors (Lipinski definition) is 12. The number of carbonyl (C=O) groups excluding carboxylic acids is 4. The zero-order valence-electron chi connectivity index (χ0n) is 35.4. The van der Waals surface area contributed by atoms with E-state index >= 15 is 0 Å². The number of hydrogen-bond donors (Lipinski definition) is 2. The standard InChI is InChI=1S/C11H12ClNO2.C10H10ClNO3.C10H8ClNO2.C9H6ClNO2.C6H4ClNO/c1-7(8(2)11(14)15-3)10-9(12)5-4-6-13-10;1-6(10(14)15-2)9(13)8-7(11)4-3-5-12-8;1-14-10(13)7-5-9-8(11)3-2-4-12(9)6-7;10-7-2-1-3-11-5-6(9(12)13)4-8(7)11;7-5-2-1-3-8-6(5)4-9/h4-7H,2H2,1,3H3;3-5,9,13H,1H2,2H3;2-6H,1H3;1-5H,(H,12,13);1-4H. The van der Waals surface area contributed by atoms with Crippen LogP contribution in [0.25, 0.3) is 11.0 Å². The zero-order valence-corrected chi connectivity index (χ0v) is 39.2. The summed E-state index contributed by atoms with van der Waals surface area (Å²) in [4.78, 5) is 65.9. The summed E-state index contributed by atoms with van der Waals surface area (Å²) in [6.07, 6.45) is 10.8. The smallest absolute Gasteiger partial charge is 0.339 e. The Labute approximate surface area is 403 Å². The number of methoxy groups -OCH3 is 3. The Morgan fingerprint density at radius 1 is 0.636 bits per heavy atom. The SMILES string of the molecule is C=C(C(=O)OC)C(C)c1ncccc1Cl.C=C(C(=O)OC)C(O)c1ncccc1Cl.COC(=O)c1cc2c(Cl)cccn2c1.O=C(O)c1cc2c(Cl)cccn2c1.O=Cc1ncccc1Cl. The number of aliphatic hydroxyl groups is 1. The van der Waals surface area contributed by atoms with Crippen molar-refractivity contribution in [1.29, 1.82) is 0 Å². The molecule has 15 nitrogen and oxygen atoms in total. The first-order valence-corrected chi connectivity index (χ1v) is 20.6. The van der Waals surface area contributed by atoms with Crippen LogP contribution in [-0.4, -0.2) is 85.5 Å². The van der Waals surface area contributed by atoms with E-state index in [1.165, 1.54) is 39.9 Å². The van der Waals surface area contributed by atoms with E-state index in [-0.39, 0.29) is 33.7 Å². The van der Waals surface area contributed by atoms with Gasteiger partial charge in [0.25, 0.3) is 0 Å². The number of aldehydes is 1. The fourth-order valence-electron chi connectivity index (χ4n) is 5.23. The molecule has 0 aliphatic carbocycles. The summed E-state index contributed by atoms with van der Waals surface area (Å²) in [7, 11) is 3.88. The molecule has 0 radical (unpaired) electrons. The van der Waals surface area contributed by atoms with Gasteiger partial charge in [0, 0.05) is 54.9 Å². The largest absolute Gasteiger partial charge is 0.478 e. The number of aromatic nitrogens is 5. The predicted molar refractivity (Wildman–Crippen MR) is 252 cm³/mol. The molecular formula is C46H40Cl5N5O10. The van der Waals surface area contributed by atoms with Crippen molar-refractivity contribution in [3.63, 3.8) is 0 Å². The molecule has 0 aromatic carbocycles. The summed E-state index contributed by atoms with van der Waals surface area (Å²) in [5.74, 6) is -2.68. The van der Waals surface area contributed by atoms with Crippen molar-refractivity contribution in [2.24, 2.45) is 0 Å². The highest BCUT2D eigenvalue weighted by Gasteiger charge is 2.22. The van der Waals surface area contributed by atoms with Gasteiger partial charge in [-0.1, -0.05) is 78.1 Å². The first-order valence-electron chi connectivity index (χ1n) is 18.7. The van der Waals surface area contributed by atoms with E-state index < -0.39 is 24.0 Å². The lowest BCUT2D eigenvalue weighted by molar-refractivity contribution is -0.137. The Kier molecular flexibility index (Phi) is 21.5. The molecule has 2 unspecified atom stereocenters.